The largest absolute Gasteiger partial charge is 0.493 e. The second kappa shape index (κ2) is 7.05. The van der Waals surface area contributed by atoms with Crippen LogP contribution in [0.3, 0.4) is 0 Å². The van der Waals surface area contributed by atoms with E-state index in [2.05, 4.69) is 22.7 Å². The van der Waals surface area contributed by atoms with E-state index in [4.69, 9.17) is 15.3 Å². The van der Waals surface area contributed by atoms with Gasteiger partial charge in [0.2, 0.25) is 0 Å². The van der Waals surface area contributed by atoms with Gasteiger partial charge in [0, 0.05) is 12.1 Å². The van der Waals surface area contributed by atoms with E-state index in [1.165, 1.54) is 0 Å². The summed E-state index contributed by atoms with van der Waals surface area (Å²) in [4.78, 5) is 0. The molecule has 0 fully saturated rings. The maximum atomic E-state index is 5.76. The highest BCUT2D eigenvalue weighted by Gasteiger charge is 2.23. The molecule has 7 nitrogen and oxygen atoms in total. The Labute approximate surface area is 124 Å². The summed E-state index contributed by atoms with van der Waals surface area (Å²) in [5, 5.41) is 8.08. The van der Waals surface area contributed by atoms with Crippen LogP contribution in [0.2, 0.25) is 0 Å². The fourth-order valence-corrected chi connectivity index (χ4v) is 2.35. The number of hydrogen-bond acceptors (Lipinski definition) is 6. The molecule has 1 unspecified atom stereocenters. The molecular weight excluding hydrogens is 270 g/mol. The molecule has 1 heterocycles. The lowest BCUT2D eigenvalue weighted by atomic mass is 10.0. The third-order valence-corrected chi connectivity index (χ3v) is 3.29. The van der Waals surface area contributed by atoms with E-state index in [1.54, 1.807) is 20.4 Å². The van der Waals surface area contributed by atoms with Crippen molar-refractivity contribution in [2.75, 3.05) is 14.2 Å². The van der Waals surface area contributed by atoms with Crippen LogP contribution >= 0.6 is 0 Å². The fourth-order valence-electron chi connectivity index (χ4n) is 2.35. The minimum Gasteiger partial charge on any atom is -0.493 e. The predicted octanol–water partition coefficient (Wildman–Crippen LogP) is 1.26. The van der Waals surface area contributed by atoms with Crippen molar-refractivity contribution in [2.24, 2.45) is 5.84 Å². The number of aromatic nitrogens is 3. The first kappa shape index (κ1) is 15.3. The van der Waals surface area contributed by atoms with Crippen molar-refractivity contribution < 1.29 is 9.47 Å². The number of nitrogens with zero attached hydrogens (tertiary/aromatic N) is 3. The summed E-state index contributed by atoms with van der Waals surface area (Å²) in [5.41, 5.74) is 4.56. The number of para-hydroxylation sites is 1. The van der Waals surface area contributed by atoms with Crippen LogP contribution < -0.4 is 20.7 Å². The fraction of sp³-hybridized carbons (Fsp3) is 0.429. The molecular formula is C14H21N5O2. The van der Waals surface area contributed by atoms with Gasteiger partial charge in [-0.05, 0) is 12.5 Å². The molecule has 21 heavy (non-hydrogen) atoms. The number of hydrogen-bond donors (Lipinski definition) is 2. The van der Waals surface area contributed by atoms with Crippen LogP contribution in [0, 0.1) is 0 Å². The van der Waals surface area contributed by atoms with E-state index < -0.39 is 0 Å². The Morgan fingerprint density at radius 1 is 1.33 bits per heavy atom. The number of nitrogens with two attached hydrogens (primary N) is 1. The molecule has 0 spiro atoms. The Kier molecular flexibility index (Phi) is 5.13. The maximum Gasteiger partial charge on any atom is 0.165 e. The van der Waals surface area contributed by atoms with Gasteiger partial charge in [-0.3, -0.25) is 5.84 Å². The first-order chi connectivity index (χ1) is 10.3. The number of ether oxygens (including phenoxy) is 2. The summed E-state index contributed by atoms with van der Waals surface area (Å²) < 4.78 is 12.6. The zero-order chi connectivity index (χ0) is 15.2. The molecule has 0 bridgehead atoms. The molecule has 3 N–H and O–H groups in total. The van der Waals surface area contributed by atoms with E-state index in [-0.39, 0.29) is 6.04 Å². The van der Waals surface area contributed by atoms with Gasteiger partial charge in [-0.1, -0.05) is 24.3 Å². The molecule has 2 rings (SSSR count). The van der Waals surface area contributed by atoms with Crippen molar-refractivity contribution in [1.29, 1.82) is 0 Å². The molecule has 0 aliphatic carbocycles. The normalized spacial score (nSPS) is 12.2. The number of nitrogens with one attached hydrogen (secondary N) is 1. The van der Waals surface area contributed by atoms with Crippen LogP contribution in [-0.4, -0.2) is 29.2 Å². The quantitative estimate of drug-likeness (QED) is 0.590. The molecule has 1 atom stereocenters. The highest BCUT2D eigenvalue weighted by molar-refractivity contribution is 5.49. The van der Waals surface area contributed by atoms with Gasteiger partial charge in [-0.25, -0.2) is 10.1 Å². The lowest BCUT2D eigenvalue weighted by molar-refractivity contribution is 0.348. The smallest absolute Gasteiger partial charge is 0.165 e. The summed E-state index contributed by atoms with van der Waals surface area (Å²) in [5.74, 6) is 7.06. The van der Waals surface area contributed by atoms with Crippen molar-refractivity contribution in [3.63, 3.8) is 0 Å². The zero-order valence-corrected chi connectivity index (χ0v) is 12.5. The second-order valence-corrected chi connectivity index (χ2v) is 4.56. The second-order valence-electron chi connectivity index (χ2n) is 4.56. The molecule has 0 saturated carbocycles. The molecule has 0 radical (unpaired) electrons. The van der Waals surface area contributed by atoms with Crippen LogP contribution in [0.5, 0.6) is 11.5 Å². The highest BCUT2D eigenvalue weighted by atomic mass is 16.5. The molecule has 0 aliphatic heterocycles. The Balaban J connectivity index is 2.48. The van der Waals surface area contributed by atoms with Gasteiger partial charge in [-0.15, -0.1) is 5.10 Å². The van der Waals surface area contributed by atoms with E-state index in [9.17, 15) is 0 Å². The van der Waals surface area contributed by atoms with Gasteiger partial charge in [-0.2, -0.15) is 0 Å². The maximum absolute atomic E-state index is 5.76. The van der Waals surface area contributed by atoms with Crippen LogP contribution in [0.25, 0.3) is 0 Å². The molecule has 2 aromatic rings. The molecule has 1 aromatic heterocycles. The average molecular weight is 291 g/mol. The average Bonchev–Trinajstić information content (AvgIpc) is 2.96. The molecule has 7 heteroatoms. The Morgan fingerprint density at radius 3 is 2.76 bits per heavy atom. The lowest BCUT2D eigenvalue weighted by Gasteiger charge is -2.21. The van der Waals surface area contributed by atoms with Crippen molar-refractivity contribution in [1.82, 2.24) is 20.4 Å². The number of benzene rings is 1. The van der Waals surface area contributed by atoms with Gasteiger partial charge in [0.25, 0.3) is 0 Å². The first-order valence-corrected chi connectivity index (χ1v) is 6.82. The number of rotatable bonds is 7. The van der Waals surface area contributed by atoms with E-state index in [0.717, 1.165) is 24.2 Å². The summed E-state index contributed by atoms with van der Waals surface area (Å²) >= 11 is 0. The first-order valence-electron chi connectivity index (χ1n) is 6.82. The number of methoxy groups -OCH3 is 2. The van der Waals surface area contributed by atoms with Gasteiger partial charge < -0.3 is 9.47 Å². The summed E-state index contributed by atoms with van der Waals surface area (Å²) in [6.07, 6.45) is 2.67. The number of aryl methyl sites for hydroxylation is 1. The van der Waals surface area contributed by atoms with Crippen LogP contribution in [0.4, 0.5) is 0 Å². The van der Waals surface area contributed by atoms with Gasteiger partial charge in [0.15, 0.2) is 11.5 Å². The Bertz CT molecular complexity index is 584. The van der Waals surface area contributed by atoms with E-state index >= 15 is 0 Å². The molecule has 114 valence electrons. The van der Waals surface area contributed by atoms with Crippen molar-refractivity contribution in [2.45, 2.75) is 25.9 Å². The van der Waals surface area contributed by atoms with Crippen LogP contribution in [-0.2, 0) is 6.54 Å². The number of hydrazine groups is 1. The van der Waals surface area contributed by atoms with Gasteiger partial charge in [0.1, 0.15) is 0 Å². The molecule has 0 amide bonds. The van der Waals surface area contributed by atoms with Gasteiger partial charge in [0.05, 0.1) is 32.2 Å². The topological polar surface area (TPSA) is 87.2 Å². The summed E-state index contributed by atoms with van der Waals surface area (Å²) in [6.45, 7) is 2.86. The molecule has 0 saturated heterocycles. The monoisotopic (exact) mass is 291 g/mol. The highest BCUT2D eigenvalue weighted by Crippen LogP contribution is 2.36. The third-order valence-electron chi connectivity index (χ3n) is 3.29. The Hall–Kier alpha value is -2.12. The zero-order valence-electron chi connectivity index (χ0n) is 12.5. The third kappa shape index (κ3) is 2.98. The minimum absolute atomic E-state index is 0.281. The molecule has 1 aromatic carbocycles. The van der Waals surface area contributed by atoms with E-state index in [0.29, 0.717) is 11.5 Å². The Morgan fingerprint density at radius 2 is 2.14 bits per heavy atom. The van der Waals surface area contributed by atoms with Crippen molar-refractivity contribution in [3.8, 4) is 11.5 Å². The minimum atomic E-state index is -0.281. The van der Waals surface area contributed by atoms with Crippen molar-refractivity contribution >= 4 is 0 Å². The lowest BCUT2D eigenvalue weighted by Crippen LogP contribution is -2.31. The van der Waals surface area contributed by atoms with E-state index in [1.807, 2.05) is 22.9 Å². The molecule has 0 aliphatic rings. The summed E-state index contributed by atoms with van der Waals surface area (Å²) in [7, 11) is 3.21. The van der Waals surface area contributed by atoms with Crippen LogP contribution in [0.15, 0.2) is 24.4 Å². The predicted molar refractivity (Wildman–Crippen MR) is 79.0 cm³/mol. The van der Waals surface area contributed by atoms with Gasteiger partial charge >= 0.3 is 0 Å². The summed E-state index contributed by atoms with van der Waals surface area (Å²) in [6, 6.07) is 5.40. The standard InChI is InChI=1S/C14H21N5O2/c1-4-8-19-11(9-16-18-19)13(17-15)10-6-5-7-12(20-2)14(10)21-3/h5-7,9,13,17H,4,8,15H2,1-3H3. The SMILES string of the molecule is CCCn1nncc1C(NN)c1cccc(OC)c1OC. The van der Waals surface area contributed by atoms with Crippen molar-refractivity contribution in [3.05, 3.63) is 35.7 Å². The van der Waals surface area contributed by atoms with Crippen LogP contribution in [0.1, 0.15) is 30.6 Å².